The van der Waals surface area contributed by atoms with E-state index in [2.05, 4.69) is 26.5 Å². The predicted octanol–water partition coefficient (Wildman–Crippen LogP) is 4.29. The first-order valence-corrected chi connectivity index (χ1v) is 13.3. The molecule has 1 N–H and O–H groups in total. The lowest BCUT2D eigenvalue weighted by atomic mass is 9.99. The number of benzene rings is 1. The molecule has 1 saturated heterocycles. The molecule has 2 heterocycles. The number of amides is 2. The zero-order chi connectivity index (χ0) is 24.2. The summed E-state index contributed by atoms with van der Waals surface area (Å²) in [4.78, 5) is 30.2. The number of nitrogens with zero attached hydrogens (tertiary/aromatic N) is 4. The molecule has 2 aliphatic carbocycles. The number of carbonyl (C=O) groups excluding carboxylic acids is 2. The van der Waals surface area contributed by atoms with Crippen LogP contribution in [0, 0.1) is 5.92 Å². The van der Waals surface area contributed by atoms with E-state index in [0.29, 0.717) is 6.42 Å². The number of hydrogen-bond acceptors (Lipinski definition) is 5. The lowest BCUT2D eigenvalue weighted by molar-refractivity contribution is -0.122. The molecule has 1 aromatic carbocycles. The Morgan fingerprint density at radius 2 is 1.86 bits per heavy atom. The fourth-order valence-electron chi connectivity index (χ4n) is 6.14. The molecular weight excluding hydrogens is 438 g/mol. The van der Waals surface area contributed by atoms with E-state index in [0.717, 1.165) is 67.9 Å². The third-order valence-corrected chi connectivity index (χ3v) is 8.33. The van der Waals surface area contributed by atoms with Crippen molar-refractivity contribution in [3.05, 3.63) is 53.3 Å². The van der Waals surface area contributed by atoms with Crippen molar-refractivity contribution in [1.82, 2.24) is 20.4 Å². The first-order valence-electron chi connectivity index (χ1n) is 13.3. The zero-order valence-corrected chi connectivity index (χ0v) is 20.8. The molecule has 1 aliphatic heterocycles. The first-order chi connectivity index (χ1) is 17.1. The van der Waals surface area contributed by atoms with E-state index in [4.69, 9.17) is 0 Å². The minimum absolute atomic E-state index is 0.0244. The highest BCUT2D eigenvalue weighted by Gasteiger charge is 2.29. The Bertz CT molecular complexity index is 1030. The lowest BCUT2D eigenvalue weighted by Crippen LogP contribution is -2.45. The monoisotopic (exact) mass is 475 g/mol. The summed E-state index contributed by atoms with van der Waals surface area (Å²) in [5, 5.41) is 11.1. The number of hydrogen-bond donors (Lipinski definition) is 1. The van der Waals surface area contributed by atoms with E-state index in [-0.39, 0.29) is 23.9 Å². The average molecular weight is 476 g/mol. The van der Waals surface area contributed by atoms with E-state index < -0.39 is 0 Å². The Morgan fingerprint density at radius 3 is 2.60 bits per heavy atom. The number of fused-ring (bicyclic) bond motifs is 1. The largest absolute Gasteiger partial charge is 0.370 e. The highest BCUT2D eigenvalue weighted by molar-refractivity contribution is 5.94. The smallest absolute Gasteiger partial charge is 0.253 e. The second-order valence-electron chi connectivity index (χ2n) is 10.5. The number of aryl methyl sites for hydroxylation is 1. The van der Waals surface area contributed by atoms with Crippen LogP contribution in [0.1, 0.15) is 85.3 Å². The van der Waals surface area contributed by atoms with Crippen LogP contribution in [-0.4, -0.2) is 53.1 Å². The molecular formula is C28H37N5O2. The van der Waals surface area contributed by atoms with Gasteiger partial charge in [-0.1, -0.05) is 31.7 Å². The Morgan fingerprint density at radius 1 is 1.06 bits per heavy atom. The Labute approximate surface area is 208 Å². The maximum Gasteiger partial charge on any atom is 0.253 e. The Balaban J connectivity index is 1.17. The third-order valence-electron chi connectivity index (χ3n) is 8.33. The molecule has 0 bridgehead atoms. The number of carbonyl (C=O) groups is 2. The highest BCUT2D eigenvalue weighted by atomic mass is 16.2. The summed E-state index contributed by atoms with van der Waals surface area (Å²) in [6.07, 6.45) is 14.0. The quantitative estimate of drug-likeness (QED) is 0.646. The Kier molecular flexibility index (Phi) is 7.30. The van der Waals surface area contributed by atoms with Gasteiger partial charge in [0.25, 0.3) is 5.91 Å². The average Bonchev–Trinajstić information content (AvgIpc) is 3.57. The molecule has 1 unspecified atom stereocenters. The van der Waals surface area contributed by atoms with Crippen molar-refractivity contribution in [2.45, 2.75) is 76.3 Å². The van der Waals surface area contributed by atoms with Gasteiger partial charge in [0, 0.05) is 38.2 Å². The Hall–Kier alpha value is -2.96. The molecule has 1 aromatic heterocycles. The van der Waals surface area contributed by atoms with Crippen LogP contribution in [0.3, 0.4) is 0 Å². The van der Waals surface area contributed by atoms with Gasteiger partial charge in [0.05, 0.1) is 24.1 Å². The van der Waals surface area contributed by atoms with Gasteiger partial charge in [0.1, 0.15) is 0 Å². The molecule has 5 rings (SSSR count). The minimum Gasteiger partial charge on any atom is -0.370 e. The maximum atomic E-state index is 13.4. The van der Waals surface area contributed by atoms with Gasteiger partial charge in [0.15, 0.2) is 0 Å². The topological polar surface area (TPSA) is 78.4 Å². The molecule has 0 spiro atoms. The molecule has 186 valence electrons. The number of piperidine rings is 1. The van der Waals surface area contributed by atoms with Gasteiger partial charge in [-0.3, -0.25) is 9.59 Å². The SMILES string of the molecule is CN(C(=O)c1ccc2c(c1)C(NC(=O)CCC1CCCC1)CC2)C1CCN(c2ccnnc2)CC1. The maximum absolute atomic E-state index is 13.4. The second kappa shape index (κ2) is 10.8. The van der Waals surface area contributed by atoms with Gasteiger partial charge >= 0.3 is 0 Å². The highest BCUT2D eigenvalue weighted by Crippen LogP contribution is 2.33. The summed E-state index contributed by atoms with van der Waals surface area (Å²) < 4.78 is 0. The fraction of sp³-hybridized carbons (Fsp3) is 0.571. The van der Waals surface area contributed by atoms with Gasteiger partial charge in [-0.25, -0.2) is 0 Å². The summed E-state index contributed by atoms with van der Waals surface area (Å²) in [7, 11) is 1.92. The van der Waals surface area contributed by atoms with Crippen molar-refractivity contribution in [2.75, 3.05) is 25.0 Å². The molecule has 7 heteroatoms. The molecule has 1 saturated carbocycles. The molecule has 0 radical (unpaired) electrons. The van der Waals surface area contributed by atoms with E-state index in [1.54, 1.807) is 12.4 Å². The van der Waals surface area contributed by atoms with Crippen LogP contribution in [-0.2, 0) is 11.2 Å². The summed E-state index contributed by atoms with van der Waals surface area (Å²) in [5.41, 5.74) is 4.18. The van der Waals surface area contributed by atoms with Crippen LogP contribution in [0.4, 0.5) is 5.69 Å². The van der Waals surface area contributed by atoms with Crippen LogP contribution in [0.15, 0.2) is 36.7 Å². The summed E-state index contributed by atoms with van der Waals surface area (Å²) >= 11 is 0. The van der Waals surface area contributed by atoms with Crippen LogP contribution in [0.2, 0.25) is 0 Å². The lowest BCUT2D eigenvalue weighted by Gasteiger charge is -2.37. The molecule has 2 fully saturated rings. The first kappa shape index (κ1) is 23.8. The second-order valence-corrected chi connectivity index (χ2v) is 10.5. The van der Waals surface area contributed by atoms with E-state index in [9.17, 15) is 9.59 Å². The van der Waals surface area contributed by atoms with Crippen LogP contribution < -0.4 is 10.2 Å². The van der Waals surface area contributed by atoms with Crippen molar-refractivity contribution in [2.24, 2.45) is 5.92 Å². The molecule has 7 nitrogen and oxygen atoms in total. The molecule has 2 amide bonds. The number of anilines is 1. The van der Waals surface area contributed by atoms with E-state index >= 15 is 0 Å². The van der Waals surface area contributed by atoms with Crippen molar-refractivity contribution < 1.29 is 9.59 Å². The van der Waals surface area contributed by atoms with E-state index in [1.807, 2.05) is 30.1 Å². The van der Waals surface area contributed by atoms with Crippen molar-refractivity contribution >= 4 is 17.5 Å². The normalized spacial score (nSPS) is 20.6. The number of aromatic nitrogens is 2. The van der Waals surface area contributed by atoms with Crippen LogP contribution in [0.5, 0.6) is 0 Å². The van der Waals surface area contributed by atoms with Crippen LogP contribution in [0.25, 0.3) is 0 Å². The van der Waals surface area contributed by atoms with Crippen molar-refractivity contribution in [3.63, 3.8) is 0 Å². The summed E-state index contributed by atoms with van der Waals surface area (Å²) in [6.45, 7) is 1.79. The molecule has 3 aliphatic rings. The third kappa shape index (κ3) is 5.49. The van der Waals surface area contributed by atoms with Crippen LogP contribution >= 0.6 is 0 Å². The van der Waals surface area contributed by atoms with Gasteiger partial charge in [-0.05, 0) is 67.3 Å². The molecule has 1 atom stereocenters. The molecule has 35 heavy (non-hydrogen) atoms. The zero-order valence-electron chi connectivity index (χ0n) is 20.8. The van der Waals surface area contributed by atoms with Gasteiger partial charge < -0.3 is 15.1 Å². The standard InChI is InChI=1S/C28H37N5O2/c1-32(23-13-16-33(17-14-23)24-12-15-29-30-19-24)28(35)22-8-7-21-9-10-26(25(21)18-22)31-27(34)11-6-20-4-2-3-5-20/h7-8,12,15,18-20,23,26H,2-6,9-11,13-14,16-17H2,1H3,(H,31,34). The summed E-state index contributed by atoms with van der Waals surface area (Å²) in [6, 6.07) is 8.29. The van der Waals surface area contributed by atoms with Gasteiger partial charge in [-0.2, -0.15) is 10.2 Å². The number of nitrogens with one attached hydrogen (secondary N) is 1. The molecule has 2 aromatic rings. The van der Waals surface area contributed by atoms with Gasteiger partial charge in [-0.15, -0.1) is 0 Å². The summed E-state index contributed by atoms with van der Waals surface area (Å²) in [5.74, 6) is 0.944. The predicted molar refractivity (Wildman–Crippen MR) is 136 cm³/mol. The van der Waals surface area contributed by atoms with Crippen molar-refractivity contribution in [1.29, 1.82) is 0 Å². The fourth-order valence-corrected chi connectivity index (χ4v) is 6.14. The van der Waals surface area contributed by atoms with E-state index in [1.165, 1.54) is 31.2 Å². The van der Waals surface area contributed by atoms with Gasteiger partial charge in [0.2, 0.25) is 5.91 Å². The minimum atomic E-state index is 0.0244. The van der Waals surface area contributed by atoms with Crippen molar-refractivity contribution in [3.8, 4) is 0 Å². The number of rotatable bonds is 7.